The topological polar surface area (TPSA) is 51.0 Å². The second kappa shape index (κ2) is 6.79. The van der Waals surface area contributed by atoms with Crippen LogP contribution in [0.3, 0.4) is 0 Å². The van der Waals surface area contributed by atoms with E-state index in [2.05, 4.69) is 10.1 Å². The van der Waals surface area contributed by atoms with Crippen molar-refractivity contribution >= 4 is 28.4 Å². The molecule has 118 valence electrons. The molecule has 1 amide bonds. The van der Waals surface area contributed by atoms with E-state index in [1.807, 2.05) is 35.1 Å². The van der Waals surface area contributed by atoms with Crippen LogP contribution in [-0.2, 0) is 6.54 Å². The molecule has 0 aliphatic carbocycles. The van der Waals surface area contributed by atoms with Crippen LogP contribution in [0.4, 0.5) is 0 Å². The first-order valence-corrected chi connectivity index (χ1v) is 7.81. The summed E-state index contributed by atoms with van der Waals surface area (Å²) < 4.78 is 1.85. The van der Waals surface area contributed by atoms with Gasteiger partial charge in [0.15, 0.2) is 0 Å². The molecule has 0 saturated heterocycles. The molecule has 0 aliphatic rings. The summed E-state index contributed by atoms with van der Waals surface area (Å²) in [6.07, 6.45) is 4.49. The van der Waals surface area contributed by atoms with Gasteiger partial charge < -0.3 is 4.90 Å². The number of pyridine rings is 1. The minimum absolute atomic E-state index is 0.104. The molecule has 0 unspecified atom stereocenters. The van der Waals surface area contributed by atoms with Crippen LogP contribution in [-0.4, -0.2) is 39.2 Å². The zero-order valence-corrected chi connectivity index (χ0v) is 13.6. The highest BCUT2D eigenvalue weighted by atomic mass is 35.5. The number of amides is 1. The second-order valence-electron chi connectivity index (χ2n) is 5.36. The Bertz CT molecular complexity index is 817. The summed E-state index contributed by atoms with van der Waals surface area (Å²) in [5.41, 5.74) is 1.07. The lowest BCUT2D eigenvalue weighted by Crippen LogP contribution is -2.29. The maximum atomic E-state index is 12.5. The minimum Gasteiger partial charge on any atom is -0.340 e. The predicted molar refractivity (Wildman–Crippen MR) is 90.6 cm³/mol. The van der Waals surface area contributed by atoms with Crippen molar-refractivity contribution in [2.75, 3.05) is 13.6 Å². The average molecular weight is 329 g/mol. The summed E-state index contributed by atoms with van der Waals surface area (Å²) in [5.74, 6) is -0.104. The monoisotopic (exact) mass is 328 g/mol. The van der Waals surface area contributed by atoms with Gasteiger partial charge in [0, 0.05) is 37.9 Å². The molecule has 5 nitrogen and oxygen atoms in total. The second-order valence-corrected chi connectivity index (χ2v) is 5.76. The number of halogens is 1. The first-order chi connectivity index (χ1) is 11.1. The molecule has 0 N–H and O–H groups in total. The molecule has 23 heavy (non-hydrogen) atoms. The van der Waals surface area contributed by atoms with Crippen molar-refractivity contribution in [3.8, 4) is 0 Å². The third-order valence-electron chi connectivity index (χ3n) is 3.68. The molecule has 0 atom stereocenters. The first kappa shape index (κ1) is 15.5. The van der Waals surface area contributed by atoms with Gasteiger partial charge in [0.05, 0.1) is 10.5 Å². The van der Waals surface area contributed by atoms with Crippen molar-refractivity contribution in [1.29, 1.82) is 0 Å². The molecule has 0 saturated carbocycles. The molecular formula is C17H17ClN4O. The fourth-order valence-electron chi connectivity index (χ4n) is 2.43. The first-order valence-electron chi connectivity index (χ1n) is 7.43. The normalized spacial score (nSPS) is 10.9. The van der Waals surface area contributed by atoms with Crippen LogP contribution in [0, 0.1) is 0 Å². The van der Waals surface area contributed by atoms with E-state index in [0.717, 1.165) is 18.4 Å². The largest absolute Gasteiger partial charge is 0.340 e. The summed E-state index contributed by atoms with van der Waals surface area (Å²) in [5, 5.41) is 5.63. The fraction of sp³-hybridized carbons (Fsp3) is 0.235. The molecule has 3 rings (SSSR count). The smallest absolute Gasteiger partial charge is 0.272 e. The van der Waals surface area contributed by atoms with Gasteiger partial charge in [-0.1, -0.05) is 29.8 Å². The Morgan fingerprint density at radius 1 is 1.26 bits per heavy atom. The highest BCUT2D eigenvalue weighted by Gasteiger charge is 2.14. The van der Waals surface area contributed by atoms with E-state index in [-0.39, 0.29) is 5.91 Å². The van der Waals surface area contributed by atoms with Crippen molar-refractivity contribution in [2.24, 2.45) is 0 Å². The van der Waals surface area contributed by atoms with Crippen LogP contribution < -0.4 is 0 Å². The summed E-state index contributed by atoms with van der Waals surface area (Å²) in [7, 11) is 1.78. The number of para-hydroxylation sites is 1. The Kier molecular flexibility index (Phi) is 4.57. The number of aryl methyl sites for hydroxylation is 1. The minimum atomic E-state index is -0.104. The van der Waals surface area contributed by atoms with Gasteiger partial charge in [0.25, 0.3) is 5.91 Å². The quantitative estimate of drug-likeness (QED) is 0.722. The highest BCUT2D eigenvalue weighted by Crippen LogP contribution is 2.21. The summed E-state index contributed by atoms with van der Waals surface area (Å²) >= 11 is 6.16. The maximum Gasteiger partial charge on any atom is 0.272 e. The fourth-order valence-corrected chi connectivity index (χ4v) is 2.65. The van der Waals surface area contributed by atoms with Crippen molar-refractivity contribution in [1.82, 2.24) is 19.7 Å². The van der Waals surface area contributed by atoms with Crippen molar-refractivity contribution in [3.63, 3.8) is 0 Å². The molecule has 0 fully saturated rings. The Morgan fingerprint density at radius 3 is 2.91 bits per heavy atom. The lowest BCUT2D eigenvalue weighted by atomic mass is 10.2. The molecule has 6 heteroatoms. The number of aromatic nitrogens is 3. The number of nitrogens with zero attached hydrogens (tertiary/aromatic N) is 4. The zero-order chi connectivity index (χ0) is 16.2. The maximum absolute atomic E-state index is 12.5. The van der Waals surface area contributed by atoms with E-state index < -0.39 is 0 Å². The molecule has 0 spiro atoms. The van der Waals surface area contributed by atoms with Gasteiger partial charge in [-0.25, -0.2) is 4.98 Å². The van der Waals surface area contributed by atoms with E-state index in [9.17, 15) is 4.79 Å². The predicted octanol–water partition coefficient (Wildman–Crippen LogP) is 3.25. The van der Waals surface area contributed by atoms with E-state index in [0.29, 0.717) is 22.8 Å². The van der Waals surface area contributed by atoms with E-state index in [1.54, 1.807) is 30.3 Å². The highest BCUT2D eigenvalue weighted by molar-refractivity contribution is 6.35. The number of fused-ring (bicyclic) bond motifs is 1. The van der Waals surface area contributed by atoms with Crippen LogP contribution in [0.5, 0.6) is 0 Å². The number of rotatable bonds is 5. The van der Waals surface area contributed by atoms with Gasteiger partial charge in [0.2, 0.25) is 0 Å². The Hall–Kier alpha value is -2.40. The van der Waals surface area contributed by atoms with Crippen LogP contribution in [0.25, 0.3) is 10.9 Å². The van der Waals surface area contributed by atoms with E-state index in [1.165, 1.54) is 0 Å². The van der Waals surface area contributed by atoms with Gasteiger partial charge in [-0.2, -0.15) is 5.10 Å². The van der Waals surface area contributed by atoms with Crippen LogP contribution in [0.2, 0.25) is 5.02 Å². The number of carbonyl (C=O) groups is 1. The molecule has 2 aromatic heterocycles. The average Bonchev–Trinajstić information content (AvgIpc) is 3.07. The van der Waals surface area contributed by atoms with Crippen molar-refractivity contribution in [3.05, 3.63) is 59.5 Å². The van der Waals surface area contributed by atoms with Crippen LogP contribution in [0.15, 0.2) is 48.8 Å². The molecular weight excluding hydrogens is 312 g/mol. The Morgan fingerprint density at radius 2 is 2.13 bits per heavy atom. The summed E-state index contributed by atoms with van der Waals surface area (Å²) in [6.45, 7) is 1.42. The molecule has 0 bridgehead atoms. The van der Waals surface area contributed by atoms with Crippen molar-refractivity contribution < 1.29 is 4.79 Å². The van der Waals surface area contributed by atoms with Gasteiger partial charge >= 0.3 is 0 Å². The standard InChI is InChI=1S/C17H17ClN4O/c1-21(10-4-12-22-11-3-9-19-22)17(23)15-8-7-13-5-2-6-14(18)16(13)20-15/h2-3,5-9,11H,4,10,12H2,1H3. The summed E-state index contributed by atoms with van der Waals surface area (Å²) in [6, 6.07) is 11.1. The van der Waals surface area contributed by atoms with Gasteiger partial charge in [-0.3, -0.25) is 9.48 Å². The lowest BCUT2D eigenvalue weighted by molar-refractivity contribution is 0.0786. The van der Waals surface area contributed by atoms with Gasteiger partial charge in [-0.05, 0) is 24.6 Å². The number of hydrogen-bond acceptors (Lipinski definition) is 3. The van der Waals surface area contributed by atoms with Crippen LogP contribution >= 0.6 is 11.6 Å². The molecule has 0 radical (unpaired) electrons. The number of benzene rings is 1. The molecule has 0 aliphatic heterocycles. The lowest BCUT2D eigenvalue weighted by Gasteiger charge is -2.17. The van der Waals surface area contributed by atoms with Crippen LogP contribution in [0.1, 0.15) is 16.9 Å². The molecule has 2 heterocycles. The third kappa shape index (κ3) is 3.51. The van der Waals surface area contributed by atoms with E-state index >= 15 is 0 Å². The SMILES string of the molecule is CN(CCCn1cccn1)C(=O)c1ccc2cccc(Cl)c2n1. The summed E-state index contributed by atoms with van der Waals surface area (Å²) in [4.78, 5) is 18.6. The van der Waals surface area contributed by atoms with E-state index in [4.69, 9.17) is 11.6 Å². The number of carbonyl (C=O) groups excluding carboxylic acids is 1. The Balaban J connectivity index is 1.68. The Labute approximate surface area is 139 Å². The zero-order valence-electron chi connectivity index (χ0n) is 12.8. The third-order valence-corrected chi connectivity index (χ3v) is 3.98. The molecule has 3 aromatic rings. The van der Waals surface area contributed by atoms with Gasteiger partial charge in [0.1, 0.15) is 5.69 Å². The van der Waals surface area contributed by atoms with Crippen molar-refractivity contribution in [2.45, 2.75) is 13.0 Å². The van der Waals surface area contributed by atoms with Gasteiger partial charge in [-0.15, -0.1) is 0 Å². The molecule has 1 aromatic carbocycles. The number of hydrogen-bond donors (Lipinski definition) is 0.